The van der Waals surface area contributed by atoms with E-state index >= 15 is 0 Å². The van der Waals surface area contributed by atoms with E-state index in [4.69, 9.17) is 4.52 Å². The van der Waals surface area contributed by atoms with Crippen molar-refractivity contribution in [1.82, 2.24) is 25.0 Å². The molecule has 0 saturated carbocycles. The highest BCUT2D eigenvalue weighted by atomic mass is 19.1. The number of rotatable bonds is 3. The van der Waals surface area contributed by atoms with E-state index in [1.54, 1.807) is 17.3 Å². The molecule has 1 aliphatic heterocycles. The summed E-state index contributed by atoms with van der Waals surface area (Å²) in [4.78, 5) is 26.6. The first-order valence-electron chi connectivity index (χ1n) is 9.82. The molecule has 1 unspecified atom stereocenters. The van der Waals surface area contributed by atoms with Crippen LogP contribution in [-0.4, -0.2) is 31.0 Å². The molecule has 4 aromatic rings. The van der Waals surface area contributed by atoms with E-state index < -0.39 is 17.9 Å². The third-order valence-corrected chi connectivity index (χ3v) is 5.24. The summed E-state index contributed by atoms with van der Waals surface area (Å²) in [6, 6.07) is 12.6. The molecule has 31 heavy (non-hydrogen) atoms. The van der Waals surface area contributed by atoms with E-state index in [1.165, 1.54) is 18.2 Å². The second-order valence-corrected chi connectivity index (χ2v) is 7.44. The van der Waals surface area contributed by atoms with Gasteiger partial charge >= 0.3 is 6.03 Å². The predicted octanol–water partition coefficient (Wildman–Crippen LogP) is 4.24. The first-order chi connectivity index (χ1) is 15.1. The van der Waals surface area contributed by atoms with E-state index in [9.17, 15) is 9.18 Å². The van der Waals surface area contributed by atoms with E-state index in [2.05, 4.69) is 25.4 Å². The van der Waals surface area contributed by atoms with E-state index in [-0.39, 0.29) is 6.54 Å². The summed E-state index contributed by atoms with van der Waals surface area (Å²) in [5.74, 6) is 0.347. The molecule has 1 atom stereocenters. The molecule has 2 N–H and O–H groups in total. The van der Waals surface area contributed by atoms with Crippen molar-refractivity contribution in [3.8, 4) is 11.4 Å². The lowest BCUT2D eigenvalue weighted by atomic mass is 10.0. The molecule has 0 bridgehead atoms. The van der Waals surface area contributed by atoms with Crippen LogP contribution >= 0.6 is 0 Å². The Kier molecular flexibility index (Phi) is 4.70. The number of aromatic amines is 1. The number of hydrogen-bond donors (Lipinski definition) is 2. The monoisotopic (exact) mass is 418 g/mol. The Bertz CT molecular complexity index is 1250. The van der Waals surface area contributed by atoms with Crippen LogP contribution in [0.25, 0.3) is 11.4 Å². The number of carbonyl (C=O) groups excluding carboxylic acids is 1. The topological polar surface area (TPSA) is 99.9 Å². The zero-order valence-corrected chi connectivity index (χ0v) is 16.7. The molecule has 156 valence electrons. The number of hydrogen-bond acceptors (Lipinski definition) is 5. The zero-order chi connectivity index (χ0) is 21.4. The standard InChI is InChI=1S/C22H19FN6O2/c1-13-4-2-5-14(8-13)20-27-21(31-28-20)19-10-17-18(25-12-24-17)11-29(19)22(30)26-16-7-3-6-15(23)9-16/h2-9,12,19H,10-11H2,1H3,(H,24,25)(H,26,30). The molecule has 2 aromatic carbocycles. The van der Waals surface area contributed by atoms with Gasteiger partial charge < -0.3 is 19.7 Å². The Balaban J connectivity index is 1.46. The molecular formula is C22H19FN6O2. The van der Waals surface area contributed by atoms with Crippen molar-refractivity contribution in [3.63, 3.8) is 0 Å². The van der Waals surface area contributed by atoms with Crippen molar-refractivity contribution in [2.75, 3.05) is 5.32 Å². The number of halogens is 1. The summed E-state index contributed by atoms with van der Waals surface area (Å²) in [5.41, 5.74) is 3.96. The Morgan fingerprint density at radius 3 is 2.97 bits per heavy atom. The second-order valence-electron chi connectivity index (χ2n) is 7.44. The van der Waals surface area contributed by atoms with Gasteiger partial charge in [0.1, 0.15) is 11.9 Å². The zero-order valence-electron chi connectivity index (χ0n) is 16.7. The van der Waals surface area contributed by atoms with Gasteiger partial charge in [-0.2, -0.15) is 4.98 Å². The van der Waals surface area contributed by atoms with Gasteiger partial charge in [0.2, 0.25) is 11.7 Å². The highest BCUT2D eigenvalue weighted by Gasteiger charge is 2.36. The smallest absolute Gasteiger partial charge is 0.322 e. The van der Waals surface area contributed by atoms with Gasteiger partial charge in [0, 0.05) is 17.7 Å². The number of benzene rings is 2. The molecule has 8 nitrogen and oxygen atoms in total. The minimum atomic E-state index is -0.504. The second kappa shape index (κ2) is 7.67. The number of imidazole rings is 1. The number of urea groups is 1. The van der Waals surface area contributed by atoms with Gasteiger partial charge in [-0.1, -0.05) is 35.0 Å². The average Bonchev–Trinajstić information content (AvgIpc) is 3.42. The van der Waals surface area contributed by atoms with Crippen LogP contribution in [0.2, 0.25) is 0 Å². The fraction of sp³-hybridized carbons (Fsp3) is 0.182. The number of aromatic nitrogens is 4. The summed E-state index contributed by atoms with van der Waals surface area (Å²) in [6.45, 7) is 2.27. The van der Waals surface area contributed by atoms with Gasteiger partial charge in [0.15, 0.2) is 0 Å². The highest BCUT2D eigenvalue weighted by Crippen LogP contribution is 2.32. The molecule has 9 heteroatoms. The van der Waals surface area contributed by atoms with Gasteiger partial charge in [-0.25, -0.2) is 14.2 Å². The van der Waals surface area contributed by atoms with Crippen molar-refractivity contribution in [2.45, 2.75) is 25.9 Å². The number of nitrogens with zero attached hydrogens (tertiary/aromatic N) is 4. The number of fused-ring (bicyclic) bond motifs is 1. The molecular weight excluding hydrogens is 399 g/mol. The van der Waals surface area contributed by atoms with Crippen molar-refractivity contribution in [2.24, 2.45) is 0 Å². The van der Waals surface area contributed by atoms with Gasteiger partial charge in [0.25, 0.3) is 0 Å². The number of amides is 2. The molecule has 5 rings (SSSR count). The molecule has 0 spiro atoms. The molecule has 0 fully saturated rings. The lowest BCUT2D eigenvalue weighted by molar-refractivity contribution is 0.155. The Morgan fingerprint density at radius 2 is 2.13 bits per heavy atom. The summed E-state index contributed by atoms with van der Waals surface area (Å²) < 4.78 is 19.1. The summed E-state index contributed by atoms with van der Waals surface area (Å²) in [7, 11) is 0. The van der Waals surface area contributed by atoms with Crippen LogP contribution in [0.3, 0.4) is 0 Å². The number of carbonyl (C=O) groups is 1. The quantitative estimate of drug-likeness (QED) is 0.518. The Morgan fingerprint density at radius 1 is 1.26 bits per heavy atom. The van der Waals surface area contributed by atoms with E-state index in [0.717, 1.165) is 22.5 Å². The third-order valence-electron chi connectivity index (χ3n) is 5.24. The lowest BCUT2D eigenvalue weighted by Gasteiger charge is -2.32. The molecule has 2 aromatic heterocycles. The largest absolute Gasteiger partial charge is 0.347 e. The van der Waals surface area contributed by atoms with Gasteiger partial charge in [-0.05, 0) is 31.2 Å². The lowest BCUT2D eigenvalue weighted by Crippen LogP contribution is -2.41. The summed E-state index contributed by atoms with van der Waals surface area (Å²) in [5, 5.41) is 6.86. The van der Waals surface area contributed by atoms with E-state index in [1.807, 2.05) is 31.2 Å². The van der Waals surface area contributed by atoms with Crippen LogP contribution in [0.15, 0.2) is 59.4 Å². The van der Waals surface area contributed by atoms with Crippen molar-refractivity contribution < 1.29 is 13.7 Å². The predicted molar refractivity (Wildman–Crippen MR) is 110 cm³/mol. The first kappa shape index (κ1) is 19.0. The van der Waals surface area contributed by atoms with Crippen molar-refractivity contribution in [1.29, 1.82) is 0 Å². The Hall–Kier alpha value is -4.01. The number of anilines is 1. The number of nitrogens with one attached hydrogen (secondary N) is 2. The van der Waals surface area contributed by atoms with Crippen LogP contribution in [0.1, 0.15) is 28.9 Å². The van der Waals surface area contributed by atoms with Crippen LogP contribution in [0, 0.1) is 12.7 Å². The maximum atomic E-state index is 13.5. The summed E-state index contributed by atoms with van der Waals surface area (Å²) in [6.07, 6.45) is 2.02. The fourth-order valence-electron chi connectivity index (χ4n) is 3.70. The Labute approximate surface area is 177 Å². The molecule has 3 heterocycles. The normalized spacial score (nSPS) is 15.5. The van der Waals surface area contributed by atoms with Gasteiger partial charge in [-0.3, -0.25) is 0 Å². The highest BCUT2D eigenvalue weighted by molar-refractivity contribution is 5.89. The van der Waals surface area contributed by atoms with Crippen molar-refractivity contribution in [3.05, 3.63) is 83.5 Å². The molecule has 0 aliphatic carbocycles. The SMILES string of the molecule is Cc1cccc(-c2noc(C3Cc4nc[nH]c4CN3C(=O)Nc3cccc(F)c3)n2)c1. The summed E-state index contributed by atoms with van der Waals surface area (Å²) >= 11 is 0. The van der Waals surface area contributed by atoms with Gasteiger partial charge in [-0.15, -0.1) is 0 Å². The number of H-pyrrole nitrogens is 1. The van der Waals surface area contributed by atoms with Crippen LogP contribution in [-0.2, 0) is 13.0 Å². The fourth-order valence-corrected chi connectivity index (χ4v) is 3.70. The maximum absolute atomic E-state index is 13.5. The molecule has 1 aliphatic rings. The van der Waals surface area contributed by atoms with Gasteiger partial charge in [0.05, 0.1) is 24.3 Å². The molecule has 2 amide bonds. The first-order valence-corrected chi connectivity index (χ1v) is 9.82. The minimum Gasteiger partial charge on any atom is -0.347 e. The number of aryl methyl sites for hydroxylation is 1. The minimum absolute atomic E-state index is 0.281. The van der Waals surface area contributed by atoms with Crippen molar-refractivity contribution >= 4 is 11.7 Å². The maximum Gasteiger partial charge on any atom is 0.322 e. The van der Waals surface area contributed by atoms with Crippen LogP contribution < -0.4 is 5.32 Å². The third kappa shape index (κ3) is 3.77. The van der Waals surface area contributed by atoms with Crippen LogP contribution in [0.4, 0.5) is 14.9 Å². The average molecular weight is 418 g/mol. The van der Waals surface area contributed by atoms with Crippen LogP contribution in [0.5, 0.6) is 0 Å². The van der Waals surface area contributed by atoms with E-state index in [0.29, 0.717) is 23.8 Å². The molecule has 0 radical (unpaired) electrons. The molecule has 0 saturated heterocycles.